The summed E-state index contributed by atoms with van der Waals surface area (Å²) in [6.45, 7) is 0.611. The molecule has 3 aromatic heterocycles. The lowest BCUT2D eigenvalue weighted by Gasteiger charge is -2.06. The first-order chi connectivity index (χ1) is 14.3. The van der Waals surface area contributed by atoms with Gasteiger partial charge < -0.3 is 10.1 Å². The number of pyridine rings is 1. The minimum absolute atomic E-state index is 0.233. The molecule has 0 saturated heterocycles. The minimum atomic E-state index is -0.233. The number of aromatic nitrogens is 4. The van der Waals surface area contributed by atoms with E-state index < -0.39 is 0 Å². The van der Waals surface area contributed by atoms with E-state index in [1.54, 1.807) is 23.7 Å². The van der Waals surface area contributed by atoms with Crippen molar-refractivity contribution in [3.63, 3.8) is 0 Å². The van der Waals surface area contributed by atoms with Crippen LogP contribution < -0.4 is 10.1 Å². The Bertz CT molecular complexity index is 1070. The van der Waals surface area contributed by atoms with Gasteiger partial charge >= 0.3 is 0 Å². The number of amides is 1. The summed E-state index contributed by atoms with van der Waals surface area (Å²) >= 11 is 1.44. The summed E-state index contributed by atoms with van der Waals surface area (Å²) in [6, 6.07) is 18.9. The van der Waals surface area contributed by atoms with Crippen molar-refractivity contribution in [1.82, 2.24) is 25.5 Å². The zero-order chi connectivity index (χ0) is 19.9. The number of hydrogen-bond acceptors (Lipinski definition) is 7. The fourth-order valence-corrected chi connectivity index (χ4v) is 3.36. The molecule has 8 heteroatoms. The van der Waals surface area contributed by atoms with Crippen LogP contribution in [0.1, 0.15) is 10.5 Å². The van der Waals surface area contributed by atoms with Crippen LogP contribution in [0.15, 0.2) is 72.2 Å². The zero-order valence-electron chi connectivity index (χ0n) is 15.4. The fourth-order valence-electron chi connectivity index (χ4n) is 2.55. The molecular formula is C21H17N5O2S. The second-order valence-corrected chi connectivity index (χ2v) is 6.84. The summed E-state index contributed by atoms with van der Waals surface area (Å²) in [5, 5.41) is 13.5. The molecule has 0 radical (unpaired) electrons. The lowest BCUT2D eigenvalue weighted by Crippen LogP contribution is -2.28. The standard InChI is InChI=1S/C21H17N5O2S/c27-20(18-14-29-21(24-18)15-6-2-1-3-7-15)23-12-13-28-19-10-9-17(25-26-19)16-8-4-5-11-22-16/h1-11,14H,12-13H2,(H,23,27). The highest BCUT2D eigenvalue weighted by atomic mass is 32.1. The van der Waals surface area contributed by atoms with Gasteiger partial charge in [-0.1, -0.05) is 36.4 Å². The molecule has 3 heterocycles. The van der Waals surface area contributed by atoms with E-state index in [9.17, 15) is 4.79 Å². The highest BCUT2D eigenvalue weighted by Crippen LogP contribution is 2.23. The number of rotatable bonds is 7. The number of thiazole rings is 1. The van der Waals surface area contributed by atoms with Crippen LogP contribution in [0, 0.1) is 0 Å². The predicted octanol–water partition coefficient (Wildman–Crippen LogP) is 3.47. The summed E-state index contributed by atoms with van der Waals surface area (Å²) in [6.07, 6.45) is 1.70. The van der Waals surface area contributed by atoms with Crippen molar-refractivity contribution in [2.45, 2.75) is 0 Å². The molecule has 4 aromatic rings. The van der Waals surface area contributed by atoms with Gasteiger partial charge in [0.1, 0.15) is 23.0 Å². The van der Waals surface area contributed by atoms with Crippen LogP contribution in [-0.2, 0) is 0 Å². The number of ether oxygens (including phenoxy) is 1. The molecule has 4 rings (SSSR count). The van der Waals surface area contributed by atoms with Crippen LogP contribution in [0.25, 0.3) is 22.0 Å². The van der Waals surface area contributed by atoms with Gasteiger partial charge in [-0.05, 0) is 18.2 Å². The van der Waals surface area contributed by atoms with E-state index >= 15 is 0 Å². The molecule has 0 spiro atoms. The molecule has 1 N–H and O–H groups in total. The fraction of sp³-hybridized carbons (Fsp3) is 0.0952. The monoisotopic (exact) mass is 403 g/mol. The summed E-state index contributed by atoms with van der Waals surface area (Å²) in [4.78, 5) is 20.9. The van der Waals surface area contributed by atoms with Crippen LogP contribution >= 0.6 is 11.3 Å². The maximum atomic E-state index is 12.2. The maximum absolute atomic E-state index is 12.2. The second-order valence-electron chi connectivity index (χ2n) is 5.98. The topological polar surface area (TPSA) is 89.9 Å². The van der Waals surface area contributed by atoms with E-state index in [2.05, 4.69) is 25.5 Å². The molecule has 0 fully saturated rings. The maximum Gasteiger partial charge on any atom is 0.270 e. The number of hydrogen-bond donors (Lipinski definition) is 1. The third-order valence-corrected chi connectivity index (χ3v) is 4.85. The van der Waals surface area contributed by atoms with Gasteiger partial charge in [0, 0.05) is 23.2 Å². The third kappa shape index (κ3) is 4.80. The predicted molar refractivity (Wildman–Crippen MR) is 111 cm³/mol. The summed E-state index contributed by atoms with van der Waals surface area (Å²) in [7, 11) is 0. The van der Waals surface area contributed by atoms with Crippen molar-refractivity contribution in [3.05, 3.63) is 77.9 Å². The molecule has 29 heavy (non-hydrogen) atoms. The van der Waals surface area contributed by atoms with Gasteiger partial charge in [-0.25, -0.2) is 4.98 Å². The Hall–Kier alpha value is -3.65. The number of nitrogens with zero attached hydrogens (tertiary/aromatic N) is 4. The SMILES string of the molecule is O=C(NCCOc1ccc(-c2ccccn2)nn1)c1csc(-c2ccccc2)n1. The normalized spacial score (nSPS) is 10.5. The molecule has 0 aliphatic rings. The molecule has 0 saturated carbocycles. The van der Waals surface area contributed by atoms with Gasteiger partial charge in [0.05, 0.1) is 12.2 Å². The molecular weight excluding hydrogens is 386 g/mol. The van der Waals surface area contributed by atoms with Gasteiger partial charge in [0.15, 0.2) is 0 Å². The second kappa shape index (κ2) is 9.03. The molecule has 0 unspecified atom stereocenters. The van der Waals surface area contributed by atoms with Crippen molar-refractivity contribution in [1.29, 1.82) is 0 Å². The lowest BCUT2D eigenvalue weighted by molar-refractivity contribution is 0.0942. The first kappa shape index (κ1) is 18.7. The Balaban J connectivity index is 1.25. The van der Waals surface area contributed by atoms with E-state index in [1.807, 2.05) is 48.5 Å². The average molecular weight is 403 g/mol. The molecule has 144 valence electrons. The average Bonchev–Trinajstić information content (AvgIpc) is 3.29. The van der Waals surface area contributed by atoms with E-state index in [0.29, 0.717) is 23.8 Å². The molecule has 1 aromatic carbocycles. The summed E-state index contributed by atoms with van der Waals surface area (Å²) in [5.41, 5.74) is 2.81. The molecule has 0 atom stereocenters. The van der Waals surface area contributed by atoms with Crippen LogP contribution in [0.2, 0.25) is 0 Å². The summed E-state index contributed by atoms with van der Waals surface area (Å²) < 4.78 is 5.53. The van der Waals surface area contributed by atoms with Gasteiger partial charge in [-0.2, -0.15) is 0 Å². The Kier molecular flexibility index (Phi) is 5.82. The van der Waals surface area contributed by atoms with Gasteiger partial charge in [-0.15, -0.1) is 21.5 Å². The van der Waals surface area contributed by atoms with E-state index in [4.69, 9.17) is 4.74 Å². The van der Waals surface area contributed by atoms with Gasteiger partial charge in [-0.3, -0.25) is 9.78 Å². The van der Waals surface area contributed by atoms with Crippen molar-refractivity contribution < 1.29 is 9.53 Å². The third-order valence-electron chi connectivity index (χ3n) is 3.96. The van der Waals surface area contributed by atoms with Gasteiger partial charge in [0.2, 0.25) is 5.88 Å². The van der Waals surface area contributed by atoms with Crippen LogP contribution in [0.4, 0.5) is 0 Å². The highest BCUT2D eigenvalue weighted by Gasteiger charge is 2.11. The van der Waals surface area contributed by atoms with E-state index in [-0.39, 0.29) is 12.5 Å². The molecule has 7 nitrogen and oxygen atoms in total. The number of nitrogens with one attached hydrogen (secondary N) is 1. The van der Waals surface area contributed by atoms with Crippen LogP contribution in [0.3, 0.4) is 0 Å². The van der Waals surface area contributed by atoms with Crippen LogP contribution in [0.5, 0.6) is 5.88 Å². The van der Waals surface area contributed by atoms with E-state index in [1.165, 1.54) is 11.3 Å². The molecule has 0 aliphatic carbocycles. The molecule has 0 bridgehead atoms. The van der Waals surface area contributed by atoms with Crippen molar-refractivity contribution in [2.75, 3.05) is 13.2 Å². The van der Waals surface area contributed by atoms with Crippen LogP contribution in [-0.4, -0.2) is 39.2 Å². The van der Waals surface area contributed by atoms with Crippen molar-refractivity contribution in [2.24, 2.45) is 0 Å². The van der Waals surface area contributed by atoms with Crippen molar-refractivity contribution in [3.8, 4) is 27.8 Å². The molecule has 1 amide bonds. The first-order valence-electron chi connectivity index (χ1n) is 8.97. The minimum Gasteiger partial charge on any atom is -0.475 e. The largest absolute Gasteiger partial charge is 0.475 e. The molecule has 0 aliphatic heterocycles. The zero-order valence-corrected chi connectivity index (χ0v) is 16.2. The Morgan fingerprint density at radius 1 is 0.966 bits per heavy atom. The van der Waals surface area contributed by atoms with Gasteiger partial charge in [0.25, 0.3) is 5.91 Å². The highest BCUT2D eigenvalue weighted by molar-refractivity contribution is 7.13. The Morgan fingerprint density at radius 2 is 1.83 bits per heavy atom. The number of carbonyl (C=O) groups is 1. The number of carbonyl (C=O) groups excluding carboxylic acids is 1. The summed E-state index contributed by atoms with van der Waals surface area (Å²) in [5.74, 6) is 0.155. The smallest absolute Gasteiger partial charge is 0.270 e. The number of benzene rings is 1. The lowest BCUT2D eigenvalue weighted by atomic mass is 10.2. The first-order valence-corrected chi connectivity index (χ1v) is 9.84. The van der Waals surface area contributed by atoms with Crippen molar-refractivity contribution >= 4 is 17.2 Å². The Morgan fingerprint density at radius 3 is 2.59 bits per heavy atom. The van der Waals surface area contributed by atoms with E-state index in [0.717, 1.165) is 16.3 Å². The quantitative estimate of drug-likeness (QED) is 0.475. The Labute approximate surface area is 171 Å².